The van der Waals surface area contributed by atoms with Gasteiger partial charge in [-0.15, -0.1) is 0 Å². The number of nitrogens with zero attached hydrogens (tertiary/aromatic N) is 2. The minimum Gasteiger partial charge on any atom is -0.299 e. The zero-order valence-electron chi connectivity index (χ0n) is 20.3. The summed E-state index contributed by atoms with van der Waals surface area (Å²) in [5.74, 6) is -0.555. The highest BCUT2D eigenvalue weighted by Crippen LogP contribution is 2.25. The van der Waals surface area contributed by atoms with E-state index in [0.29, 0.717) is 11.3 Å². The van der Waals surface area contributed by atoms with Crippen LogP contribution in [0.15, 0.2) is 89.0 Å². The second-order valence-corrected chi connectivity index (χ2v) is 5.85. The van der Waals surface area contributed by atoms with E-state index in [1.165, 1.54) is 12.1 Å². The lowest BCUT2D eigenvalue weighted by Crippen LogP contribution is -2.19. The number of allylic oxidation sites excluding steroid dienone is 9. The van der Waals surface area contributed by atoms with Crippen molar-refractivity contribution in [3.05, 3.63) is 95.4 Å². The number of hydrogen-bond acceptors (Lipinski definition) is 4. The molecule has 0 saturated heterocycles. The molecule has 6 heteroatoms. The Morgan fingerprint density at radius 1 is 1.18 bits per heavy atom. The van der Waals surface area contributed by atoms with Crippen LogP contribution in [-0.4, -0.2) is 29.1 Å². The van der Waals surface area contributed by atoms with Crippen LogP contribution in [0, 0.1) is 28.0 Å². The van der Waals surface area contributed by atoms with Gasteiger partial charge < -0.3 is 0 Å². The number of benzene rings is 1. The van der Waals surface area contributed by atoms with E-state index < -0.39 is 5.82 Å². The molecule has 0 amide bonds. The maximum atomic E-state index is 14.5. The topological polar surface area (TPSA) is 83.9 Å². The lowest BCUT2D eigenvalue weighted by atomic mass is 9.86. The van der Waals surface area contributed by atoms with Gasteiger partial charge in [0.2, 0.25) is 0 Å². The fourth-order valence-corrected chi connectivity index (χ4v) is 2.64. The highest BCUT2D eigenvalue weighted by molar-refractivity contribution is 14.1. The second kappa shape index (κ2) is 19.7. The van der Waals surface area contributed by atoms with Crippen LogP contribution in [0.25, 0.3) is 0 Å². The summed E-state index contributed by atoms with van der Waals surface area (Å²) in [6.07, 6.45) is 11.0. The molecule has 4 nitrogen and oxygen atoms in total. The summed E-state index contributed by atoms with van der Waals surface area (Å²) in [7, 11) is 1.55. The normalized spacial score (nSPS) is 12.1. The molecule has 1 aromatic carbocycles. The number of nitrogens with one attached hydrogen (secondary N) is 2. The van der Waals surface area contributed by atoms with Crippen LogP contribution >= 0.6 is 22.6 Å². The van der Waals surface area contributed by atoms with E-state index in [1.807, 2.05) is 37.8 Å². The maximum Gasteiger partial charge on any atom is 0.142 e. The largest absolute Gasteiger partial charge is 0.299 e. The van der Waals surface area contributed by atoms with Gasteiger partial charge in [-0.25, -0.2) is 4.39 Å². The van der Waals surface area contributed by atoms with Gasteiger partial charge in [-0.1, -0.05) is 92.5 Å². The molecule has 0 fully saturated rings. The third-order valence-electron chi connectivity index (χ3n) is 4.03. The number of nitriles is 1. The van der Waals surface area contributed by atoms with E-state index in [2.05, 4.69) is 34.2 Å². The van der Waals surface area contributed by atoms with E-state index in [1.54, 1.807) is 56.5 Å². The molecule has 0 aliphatic rings. The standard InChI is InChI=1S/C24H25FN4.C2H6.CH3I/c1-5-8-12-17(7-3)22(24(28)18-13-10-11-14-19(18)25)23(20(27)16-26)21(29-4)15-9-6-2;2*1-2/h5,7-15,27-28H,1,6H2,2-4H3;1-2H3;1H3/b12-8-,15-9-,17-7+,23-22+,27-20?,28-24?,29-21?;;. The molecule has 0 unspecified atom stereocenters. The minimum absolute atomic E-state index is 0.0759. The van der Waals surface area contributed by atoms with Gasteiger partial charge in [0.15, 0.2) is 0 Å². The van der Waals surface area contributed by atoms with Crippen LogP contribution in [0.3, 0.4) is 0 Å². The Balaban J connectivity index is 0. The van der Waals surface area contributed by atoms with Crippen LogP contribution in [0.5, 0.6) is 0 Å². The van der Waals surface area contributed by atoms with E-state index in [-0.39, 0.29) is 28.1 Å². The molecule has 0 atom stereocenters. The molecule has 0 bridgehead atoms. The molecule has 1 aromatic rings. The first-order valence-electron chi connectivity index (χ1n) is 10.5. The summed E-state index contributed by atoms with van der Waals surface area (Å²) in [6, 6.07) is 7.80. The van der Waals surface area contributed by atoms with E-state index >= 15 is 0 Å². The Hall–Kier alpha value is -2.92. The highest BCUT2D eigenvalue weighted by atomic mass is 127. The zero-order chi connectivity index (χ0) is 25.8. The fraction of sp³-hybridized carbons (Fsp3) is 0.259. The van der Waals surface area contributed by atoms with Gasteiger partial charge in [-0.05, 0) is 42.1 Å². The third kappa shape index (κ3) is 10.0. The molecule has 176 valence electrons. The molecule has 0 aliphatic heterocycles. The van der Waals surface area contributed by atoms with Gasteiger partial charge in [0.25, 0.3) is 0 Å². The highest BCUT2D eigenvalue weighted by Gasteiger charge is 2.23. The van der Waals surface area contributed by atoms with Crippen molar-refractivity contribution in [1.29, 1.82) is 16.1 Å². The van der Waals surface area contributed by atoms with E-state index in [0.717, 1.165) is 6.42 Å². The molecular weight excluding hydrogens is 526 g/mol. The van der Waals surface area contributed by atoms with Crippen molar-refractivity contribution < 1.29 is 4.39 Å². The first-order valence-corrected chi connectivity index (χ1v) is 12.7. The number of aliphatic imine (C=N–C) groups is 1. The second-order valence-electron chi connectivity index (χ2n) is 5.85. The Morgan fingerprint density at radius 2 is 1.79 bits per heavy atom. The molecule has 0 heterocycles. The van der Waals surface area contributed by atoms with Crippen molar-refractivity contribution in [2.24, 2.45) is 4.99 Å². The molecule has 2 N–H and O–H groups in total. The van der Waals surface area contributed by atoms with Crippen LogP contribution < -0.4 is 0 Å². The number of hydrogen-bond donors (Lipinski definition) is 2. The van der Waals surface area contributed by atoms with Crippen molar-refractivity contribution in [2.75, 3.05) is 12.0 Å². The van der Waals surface area contributed by atoms with Crippen molar-refractivity contribution >= 4 is 39.7 Å². The molecular formula is C27H34FIN4. The predicted molar refractivity (Wildman–Crippen MR) is 151 cm³/mol. The van der Waals surface area contributed by atoms with E-state index in [4.69, 9.17) is 10.8 Å². The molecule has 1 rings (SSSR count). The van der Waals surface area contributed by atoms with E-state index in [9.17, 15) is 9.65 Å². The fourth-order valence-electron chi connectivity index (χ4n) is 2.64. The maximum absolute atomic E-state index is 14.5. The Bertz CT molecular complexity index is 990. The van der Waals surface area contributed by atoms with Gasteiger partial charge in [-0.3, -0.25) is 15.8 Å². The molecule has 0 aromatic heterocycles. The lowest BCUT2D eigenvalue weighted by molar-refractivity contribution is 0.625. The molecule has 0 saturated carbocycles. The lowest BCUT2D eigenvalue weighted by Gasteiger charge is -2.17. The quantitative estimate of drug-likeness (QED) is 0.137. The van der Waals surface area contributed by atoms with Crippen molar-refractivity contribution in [3.8, 4) is 6.07 Å². The first-order chi connectivity index (χ1) is 16.0. The smallest absolute Gasteiger partial charge is 0.142 e. The van der Waals surface area contributed by atoms with Gasteiger partial charge in [0.1, 0.15) is 17.6 Å². The van der Waals surface area contributed by atoms with Crippen LogP contribution in [0.1, 0.15) is 39.7 Å². The number of alkyl halides is 1. The Labute approximate surface area is 212 Å². The van der Waals surface area contributed by atoms with Crippen molar-refractivity contribution in [1.82, 2.24) is 0 Å². The van der Waals surface area contributed by atoms with Crippen LogP contribution in [0.4, 0.5) is 4.39 Å². The number of halogens is 2. The monoisotopic (exact) mass is 560 g/mol. The SMILES string of the molecule is C=C\C=C/C(=C\C)C(/C(=N)c1ccccc1F)=C(/C(=N)C#N)C(/C=C\CC)=NC.CC.CI. The van der Waals surface area contributed by atoms with Crippen molar-refractivity contribution in [2.45, 2.75) is 34.1 Å². The average molecular weight is 560 g/mol. The first kappa shape index (κ1) is 32.3. The summed E-state index contributed by atoms with van der Waals surface area (Å²) in [6.45, 7) is 11.4. The molecule has 0 radical (unpaired) electrons. The molecule has 0 spiro atoms. The number of rotatable bonds is 9. The van der Waals surface area contributed by atoms with Crippen molar-refractivity contribution in [3.63, 3.8) is 0 Å². The van der Waals surface area contributed by atoms with Gasteiger partial charge >= 0.3 is 0 Å². The summed E-state index contributed by atoms with van der Waals surface area (Å²) < 4.78 is 14.5. The predicted octanol–water partition coefficient (Wildman–Crippen LogP) is 7.84. The third-order valence-corrected chi connectivity index (χ3v) is 4.03. The van der Waals surface area contributed by atoms with Gasteiger partial charge in [0.05, 0.1) is 11.4 Å². The zero-order valence-corrected chi connectivity index (χ0v) is 22.5. The minimum atomic E-state index is -0.555. The Kier molecular flexibility index (Phi) is 19.3. The van der Waals surface area contributed by atoms with Crippen LogP contribution in [0.2, 0.25) is 0 Å². The average Bonchev–Trinajstić information content (AvgIpc) is 2.87. The summed E-state index contributed by atoms with van der Waals surface area (Å²) in [5.41, 5.74) is 0.949. The van der Waals surface area contributed by atoms with Gasteiger partial charge in [-0.2, -0.15) is 5.26 Å². The molecule has 0 aliphatic carbocycles. The molecule has 33 heavy (non-hydrogen) atoms. The summed E-state index contributed by atoms with van der Waals surface area (Å²) >= 11 is 2.15. The van der Waals surface area contributed by atoms with Crippen LogP contribution in [-0.2, 0) is 0 Å². The summed E-state index contributed by atoms with van der Waals surface area (Å²) in [4.78, 5) is 6.20. The van der Waals surface area contributed by atoms with Gasteiger partial charge in [0, 0.05) is 23.8 Å². The Morgan fingerprint density at radius 3 is 2.24 bits per heavy atom. The summed E-state index contributed by atoms with van der Waals surface area (Å²) in [5, 5.41) is 26.5.